The van der Waals surface area contributed by atoms with Crippen molar-refractivity contribution < 1.29 is 23.8 Å². The first-order valence-corrected chi connectivity index (χ1v) is 5.27. The Labute approximate surface area is 93.4 Å². The molecule has 16 heavy (non-hydrogen) atoms. The lowest BCUT2D eigenvalue weighted by Crippen LogP contribution is -2.55. The molecule has 0 aliphatic carbocycles. The van der Waals surface area contributed by atoms with E-state index in [1.165, 1.54) is 6.08 Å². The van der Waals surface area contributed by atoms with Gasteiger partial charge in [0.2, 0.25) is 5.60 Å². The summed E-state index contributed by atoms with van der Waals surface area (Å²) >= 11 is 0. The van der Waals surface area contributed by atoms with Gasteiger partial charge >= 0.3 is 5.97 Å². The van der Waals surface area contributed by atoms with E-state index in [-0.39, 0.29) is 25.4 Å². The fraction of sp³-hybridized carbons (Fsp3) is 0.636. The Morgan fingerprint density at radius 3 is 3.12 bits per heavy atom. The van der Waals surface area contributed by atoms with Crippen molar-refractivity contribution in [2.45, 2.75) is 25.2 Å². The molecule has 0 aromatic heterocycles. The van der Waals surface area contributed by atoms with E-state index in [0.717, 1.165) is 0 Å². The van der Waals surface area contributed by atoms with Crippen LogP contribution in [0.3, 0.4) is 0 Å². The third kappa shape index (κ3) is 1.39. The van der Waals surface area contributed by atoms with Crippen molar-refractivity contribution in [3.05, 3.63) is 12.7 Å². The van der Waals surface area contributed by atoms with Gasteiger partial charge in [-0.3, -0.25) is 4.79 Å². The lowest BCUT2D eigenvalue weighted by Gasteiger charge is -2.35. The standard InChI is InChI=1S/C11H14O5/c1-3-7-6-15-9-5-8(12)11(7,16-9)10(13)14-4-2/h3,7,9H,1,4-6H2,2H3/t7-,9-,11-/m0/s1. The third-order valence-electron chi connectivity index (χ3n) is 2.93. The summed E-state index contributed by atoms with van der Waals surface area (Å²) in [5, 5.41) is 0. The van der Waals surface area contributed by atoms with Crippen LogP contribution in [-0.4, -0.2) is 36.9 Å². The summed E-state index contributed by atoms with van der Waals surface area (Å²) in [6.45, 7) is 5.77. The van der Waals surface area contributed by atoms with Crippen LogP contribution in [0.2, 0.25) is 0 Å². The second kappa shape index (κ2) is 3.99. The molecule has 0 spiro atoms. The highest BCUT2D eigenvalue weighted by atomic mass is 16.7. The van der Waals surface area contributed by atoms with Gasteiger partial charge in [-0.15, -0.1) is 6.58 Å². The summed E-state index contributed by atoms with van der Waals surface area (Å²) in [5.74, 6) is -1.38. The largest absolute Gasteiger partial charge is 0.463 e. The Kier molecular flexibility index (Phi) is 2.82. The zero-order valence-electron chi connectivity index (χ0n) is 9.10. The number of rotatable bonds is 3. The highest BCUT2D eigenvalue weighted by Crippen LogP contribution is 2.40. The minimum absolute atomic E-state index is 0.100. The minimum Gasteiger partial charge on any atom is -0.463 e. The summed E-state index contributed by atoms with van der Waals surface area (Å²) in [5.41, 5.74) is -1.51. The predicted molar refractivity (Wildman–Crippen MR) is 53.5 cm³/mol. The molecule has 2 aliphatic heterocycles. The molecule has 88 valence electrons. The Bertz CT molecular complexity index is 337. The number of carbonyl (C=O) groups is 2. The second-order valence-electron chi connectivity index (χ2n) is 3.81. The number of fused-ring (bicyclic) bond motifs is 2. The van der Waals surface area contributed by atoms with Gasteiger partial charge in [-0.1, -0.05) is 6.08 Å². The zero-order valence-corrected chi connectivity index (χ0v) is 9.10. The number of ketones is 1. The lowest BCUT2D eigenvalue weighted by atomic mass is 9.84. The van der Waals surface area contributed by atoms with E-state index in [4.69, 9.17) is 14.2 Å². The fourth-order valence-electron chi connectivity index (χ4n) is 2.12. The number of carbonyl (C=O) groups excluding carboxylic acids is 2. The molecular formula is C11H14O5. The van der Waals surface area contributed by atoms with E-state index in [9.17, 15) is 9.59 Å². The molecular weight excluding hydrogens is 212 g/mol. The molecule has 2 bridgehead atoms. The van der Waals surface area contributed by atoms with Crippen LogP contribution in [0.1, 0.15) is 13.3 Å². The third-order valence-corrected chi connectivity index (χ3v) is 2.93. The number of hydrogen-bond acceptors (Lipinski definition) is 5. The van der Waals surface area contributed by atoms with Gasteiger partial charge in [0.1, 0.15) is 0 Å². The molecule has 2 rings (SSSR count). The van der Waals surface area contributed by atoms with E-state index in [1.54, 1.807) is 6.92 Å². The SMILES string of the molecule is C=C[C@H]1CO[C@@H]2CC(=O)[C@@]1(C(=O)OCC)O2. The molecule has 2 heterocycles. The number of esters is 1. The molecule has 0 aromatic rings. The van der Waals surface area contributed by atoms with Gasteiger partial charge in [0.25, 0.3) is 0 Å². The Hall–Kier alpha value is -1.20. The molecule has 2 saturated heterocycles. The molecule has 0 unspecified atom stereocenters. The van der Waals surface area contributed by atoms with Gasteiger partial charge in [0.15, 0.2) is 12.1 Å². The first kappa shape index (κ1) is 11.3. The Balaban J connectivity index is 2.34. The maximum Gasteiger partial charge on any atom is 0.347 e. The second-order valence-corrected chi connectivity index (χ2v) is 3.81. The quantitative estimate of drug-likeness (QED) is 0.397. The monoisotopic (exact) mass is 226 g/mol. The van der Waals surface area contributed by atoms with Gasteiger partial charge in [0.05, 0.1) is 19.6 Å². The van der Waals surface area contributed by atoms with E-state index in [0.29, 0.717) is 0 Å². The molecule has 0 saturated carbocycles. The number of hydrogen-bond donors (Lipinski definition) is 0. The summed E-state index contributed by atoms with van der Waals surface area (Å²) in [6.07, 6.45) is 0.993. The van der Waals surface area contributed by atoms with Crippen molar-refractivity contribution in [3.8, 4) is 0 Å². The molecule has 2 fully saturated rings. The van der Waals surface area contributed by atoms with Crippen LogP contribution in [0.4, 0.5) is 0 Å². The van der Waals surface area contributed by atoms with Crippen LogP contribution in [0.5, 0.6) is 0 Å². The van der Waals surface area contributed by atoms with Gasteiger partial charge in [-0.05, 0) is 6.92 Å². The average Bonchev–Trinajstić information content (AvgIpc) is 2.53. The predicted octanol–water partition coefficient (Wildman–Crippen LogP) is 0.436. The molecule has 0 amide bonds. The summed E-state index contributed by atoms with van der Waals surface area (Å²) in [4.78, 5) is 23.8. The van der Waals surface area contributed by atoms with E-state index >= 15 is 0 Å². The molecule has 0 aromatic carbocycles. The number of Topliss-reactive ketones (excluding diaryl/α,β-unsaturated/α-hetero) is 1. The van der Waals surface area contributed by atoms with Gasteiger partial charge in [-0.2, -0.15) is 0 Å². The summed E-state index contributed by atoms with van der Waals surface area (Å²) in [7, 11) is 0. The van der Waals surface area contributed by atoms with E-state index in [1.807, 2.05) is 0 Å². The maximum absolute atomic E-state index is 11.9. The molecule has 5 nitrogen and oxygen atoms in total. The maximum atomic E-state index is 11.9. The highest BCUT2D eigenvalue weighted by molar-refractivity contribution is 6.09. The van der Waals surface area contributed by atoms with Crippen LogP contribution in [0, 0.1) is 5.92 Å². The smallest absolute Gasteiger partial charge is 0.347 e. The van der Waals surface area contributed by atoms with Crippen LogP contribution < -0.4 is 0 Å². The zero-order chi connectivity index (χ0) is 11.8. The fourth-order valence-corrected chi connectivity index (χ4v) is 2.12. The minimum atomic E-state index is -1.51. The van der Waals surface area contributed by atoms with Crippen LogP contribution >= 0.6 is 0 Å². The highest BCUT2D eigenvalue weighted by Gasteiger charge is 2.62. The van der Waals surface area contributed by atoms with E-state index in [2.05, 4.69) is 6.58 Å². The van der Waals surface area contributed by atoms with Crippen molar-refractivity contribution in [2.24, 2.45) is 5.92 Å². The Morgan fingerprint density at radius 2 is 2.50 bits per heavy atom. The van der Waals surface area contributed by atoms with Gasteiger partial charge in [0, 0.05) is 5.92 Å². The van der Waals surface area contributed by atoms with Crippen LogP contribution in [0.15, 0.2) is 12.7 Å². The molecule has 0 radical (unpaired) electrons. The van der Waals surface area contributed by atoms with Crippen molar-refractivity contribution in [3.63, 3.8) is 0 Å². The summed E-state index contributed by atoms with van der Waals surface area (Å²) in [6, 6.07) is 0. The van der Waals surface area contributed by atoms with Crippen LogP contribution in [0.25, 0.3) is 0 Å². The van der Waals surface area contributed by atoms with Crippen molar-refractivity contribution >= 4 is 11.8 Å². The molecule has 3 atom stereocenters. The Morgan fingerprint density at radius 1 is 1.75 bits per heavy atom. The normalized spacial score (nSPS) is 37.2. The first-order valence-electron chi connectivity index (χ1n) is 5.27. The van der Waals surface area contributed by atoms with Crippen molar-refractivity contribution in [1.29, 1.82) is 0 Å². The first-order chi connectivity index (χ1) is 7.65. The topological polar surface area (TPSA) is 61.8 Å². The van der Waals surface area contributed by atoms with Crippen molar-refractivity contribution in [2.75, 3.05) is 13.2 Å². The van der Waals surface area contributed by atoms with E-state index < -0.39 is 23.8 Å². The van der Waals surface area contributed by atoms with Gasteiger partial charge < -0.3 is 14.2 Å². The van der Waals surface area contributed by atoms with Crippen molar-refractivity contribution in [1.82, 2.24) is 0 Å². The molecule has 5 heteroatoms. The van der Waals surface area contributed by atoms with Crippen LogP contribution in [-0.2, 0) is 23.8 Å². The number of ether oxygens (including phenoxy) is 3. The average molecular weight is 226 g/mol. The molecule has 0 N–H and O–H groups in total. The molecule has 2 aliphatic rings. The van der Waals surface area contributed by atoms with Gasteiger partial charge in [-0.25, -0.2) is 4.79 Å². The summed E-state index contributed by atoms with van der Waals surface area (Å²) < 4.78 is 15.6. The lowest BCUT2D eigenvalue weighted by molar-refractivity contribution is -0.238.